The van der Waals surface area contributed by atoms with E-state index in [1.807, 2.05) is 0 Å². The van der Waals surface area contributed by atoms with E-state index in [2.05, 4.69) is 4.90 Å². The van der Waals surface area contributed by atoms with Crippen LogP contribution in [-0.2, 0) is 9.53 Å². The Labute approximate surface area is 127 Å². The number of amides is 1. The molecule has 1 saturated carbocycles. The first-order chi connectivity index (χ1) is 10.3. The fourth-order valence-electron chi connectivity index (χ4n) is 4.45. The van der Waals surface area contributed by atoms with Crippen LogP contribution in [-0.4, -0.2) is 47.8 Å². The van der Waals surface area contributed by atoms with Gasteiger partial charge in [-0.25, -0.2) is 0 Å². The molecule has 3 rings (SSSR count). The van der Waals surface area contributed by atoms with Crippen molar-refractivity contribution in [1.29, 1.82) is 0 Å². The Morgan fingerprint density at radius 2 is 1.81 bits per heavy atom. The van der Waals surface area contributed by atoms with E-state index in [1.54, 1.807) is 0 Å². The van der Waals surface area contributed by atoms with Crippen molar-refractivity contribution < 1.29 is 14.6 Å². The lowest BCUT2D eigenvalue weighted by atomic mass is 9.80. The SMILES string of the molecule is O=C(CC1CCOCC1)N1CCC[C@@H]1[C@H]1CCCC[C@@H]1O. The molecule has 3 aliphatic rings. The first kappa shape index (κ1) is 15.3. The molecular formula is C17H29NO3. The van der Waals surface area contributed by atoms with Gasteiger partial charge in [0.05, 0.1) is 6.10 Å². The summed E-state index contributed by atoms with van der Waals surface area (Å²) in [5.74, 6) is 1.14. The van der Waals surface area contributed by atoms with E-state index in [4.69, 9.17) is 4.74 Å². The lowest BCUT2D eigenvalue weighted by molar-refractivity contribution is -0.136. The summed E-state index contributed by atoms with van der Waals surface area (Å²) in [7, 11) is 0. The van der Waals surface area contributed by atoms with Crippen molar-refractivity contribution in [3.8, 4) is 0 Å². The Balaban J connectivity index is 1.58. The third-order valence-electron chi connectivity index (χ3n) is 5.70. The van der Waals surface area contributed by atoms with Crippen molar-refractivity contribution in [2.24, 2.45) is 11.8 Å². The van der Waals surface area contributed by atoms with Crippen LogP contribution in [0.1, 0.15) is 57.8 Å². The van der Waals surface area contributed by atoms with E-state index >= 15 is 0 Å². The molecule has 2 aliphatic heterocycles. The van der Waals surface area contributed by atoms with Gasteiger partial charge in [0.15, 0.2) is 0 Å². The van der Waals surface area contributed by atoms with Crippen LogP contribution >= 0.6 is 0 Å². The average molecular weight is 295 g/mol. The standard InChI is InChI=1S/C17H29NO3/c19-16-6-2-1-4-14(16)15-5-3-9-18(15)17(20)12-13-7-10-21-11-8-13/h13-16,19H,1-12H2/t14-,15-,16+/m1/s1. The zero-order valence-corrected chi connectivity index (χ0v) is 13.0. The molecule has 21 heavy (non-hydrogen) atoms. The molecule has 2 heterocycles. The number of nitrogens with zero attached hydrogens (tertiary/aromatic N) is 1. The number of likely N-dealkylation sites (tertiary alicyclic amines) is 1. The lowest BCUT2D eigenvalue weighted by Gasteiger charge is -2.37. The van der Waals surface area contributed by atoms with Crippen molar-refractivity contribution in [2.75, 3.05) is 19.8 Å². The predicted octanol–water partition coefficient (Wildman–Crippen LogP) is 2.35. The third kappa shape index (κ3) is 3.59. The smallest absolute Gasteiger partial charge is 0.223 e. The molecule has 0 spiro atoms. The predicted molar refractivity (Wildman–Crippen MR) is 80.9 cm³/mol. The second-order valence-corrected chi connectivity index (χ2v) is 7.07. The van der Waals surface area contributed by atoms with E-state index in [-0.39, 0.29) is 6.10 Å². The van der Waals surface area contributed by atoms with E-state index in [9.17, 15) is 9.90 Å². The van der Waals surface area contributed by atoms with Gasteiger partial charge < -0.3 is 14.7 Å². The third-order valence-corrected chi connectivity index (χ3v) is 5.70. The Morgan fingerprint density at radius 1 is 1.05 bits per heavy atom. The monoisotopic (exact) mass is 295 g/mol. The van der Waals surface area contributed by atoms with Gasteiger partial charge in [-0.3, -0.25) is 4.79 Å². The molecule has 1 amide bonds. The van der Waals surface area contributed by atoms with Gasteiger partial charge >= 0.3 is 0 Å². The number of carbonyl (C=O) groups is 1. The summed E-state index contributed by atoms with van der Waals surface area (Å²) >= 11 is 0. The summed E-state index contributed by atoms with van der Waals surface area (Å²) in [5, 5.41) is 10.3. The number of carbonyl (C=O) groups excluding carboxylic acids is 1. The minimum Gasteiger partial charge on any atom is -0.393 e. The van der Waals surface area contributed by atoms with Crippen LogP contribution in [0.4, 0.5) is 0 Å². The second-order valence-electron chi connectivity index (χ2n) is 7.07. The average Bonchev–Trinajstić information content (AvgIpc) is 2.98. The highest BCUT2D eigenvalue weighted by Crippen LogP contribution is 2.35. The van der Waals surface area contributed by atoms with Gasteiger partial charge in [-0.15, -0.1) is 0 Å². The molecule has 3 fully saturated rings. The lowest BCUT2D eigenvalue weighted by Crippen LogP contribution is -2.45. The number of aliphatic hydroxyl groups is 1. The molecule has 0 unspecified atom stereocenters. The summed E-state index contributed by atoms with van der Waals surface area (Å²) in [6.07, 6.45) is 9.08. The molecule has 1 aliphatic carbocycles. The van der Waals surface area contributed by atoms with Crippen LogP contribution in [0.25, 0.3) is 0 Å². The van der Waals surface area contributed by atoms with Crippen LogP contribution in [0, 0.1) is 11.8 Å². The Kier molecular flexibility index (Phi) is 5.17. The summed E-state index contributed by atoms with van der Waals surface area (Å²) in [5.41, 5.74) is 0. The topological polar surface area (TPSA) is 49.8 Å². The zero-order valence-electron chi connectivity index (χ0n) is 13.0. The molecule has 1 N–H and O–H groups in total. The van der Waals surface area contributed by atoms with Crippen LogP contribution in [0.5, 0.6) is 0 Å². The molecule has 0 aromatic heterocycles. The van der Waals surface area contributed by atoms with Crippen LogP contribution in [0.3, 0.4) is 0 Å². The van der Waals surface area contributed by atoms with Crippen LogP contribution in [0.2, 0.25) is 0 Å². The first-order valence-corrected chi connectivity index (χ1v) is 8.81. The highest BCUT2D eigenvalue weighted by molar-refractivity contribution is 5.77. The minimum absolute atomic E-state index is 0.194. The van der Waals surface area contributed by atoms with Gasteiger partial charge in [0, 0.05) is 38.1 Å². The number of ether oxygens (including phenoxy) is 1. The fraction of sp³-hybridized carbons (Fsp3) is 0.941. The number of rotatable bonds is 3. The number of aliphatic hydroxyl groups excluding tert-OH is 1. The van der Waals surface area contributed by atoms with Crippen LogP contribution in [0.15, 0.2) is 0 Å². The fourth-order valence-corrected chi connectivity index (χ4v) is 4.45. The normalized spacial score (nSPS) is 35.1. The van der Waals surface area contributed by atoms with Crippen molar-refractivity contribution >= 4 is 5.91 Å². The van der Waals surface area contributed by atoms with E-state index in [0.717, 1.165) is 64.7 Å². The molecular weight excluding hydrogens is 266 g/mol. The highest BCUT2D eigenvalue weighted by atomic mass is 16.5. The van der Waals surface area contributed by atoms with Gasteiger partial charge in [0.2, 0.25) is 5.91 Å². The maximum Gasteiger partial charge on any atom is 0.223 e. The van der Waals surface area contributed by atoms with Gasteiger partial charge in [-0.05, 0) is 44.4 Å². The molecule has 0 aromatic rings. The van der Waals surface area contributed by atoms with Crippen molar-refractivity contribution in [2.45, 2.75) is 69.9 Å². The Morgan fingerprint density at radius 3 is 2.57 bits per heavy atom. The largest absolute Gasteiger partial charge is 0.393 e. The van der Waals surface area contributed by atoms with Gasteiger partial charge in [0.25, 0.3) is 0 Å². The molecule has 3 atom stereocenters. The van der Waals surface area contributed by atoms with Gasteiger partial charge in [0.1, 0.15) is 0 Å². The molecule has 0 bridgehead atoms. The van der Waals surface area contributed by atoms with Crippen molar-refractivity contribution in [1.82, 2.24) is 4.90 Å². The summed E-state index contributed by atoms with van der Waals surface area (Å²) in [6, 6.07) is 0.299. The van der Waals surface area contributed by atoms with Crippen molar-refractivity contribution in [3.05, 3.63) is 0 Å². The highest BCUT2D eigenvalue weighted by Gasteiger charge is 2.39. The molecule has 120 valence electrons. The zero-order chi connectivity index (χ0) is 14.7. The maximum atomic E-state index is 12.7. The number of hydrogen-bond acceptors (Lipinski definition) is 3. The Hall–Kier alpha value is -0.610. The van der Waals surface area contributed by atoms with E-state index in [1.165, 1.54) is 6.42 Å². The summed E-state index contributed by atoms with van der Waals surface area (Å²) < 4.78 is 5.38. The van der Waals surface area contributed by atoms with E-state index < -0.39 is 0 Å². The summed E-state index contributed by atoms with van der Waals surface area (Å²) in [4.78, 5) is 14.8. The first-order valence-electron chi connectivity index (χ1n) is 8.81. The molecule has 4 nitrogen and oxygen atoms in total. The number of hydrogen-bond donors (Lipinski definition) is 1. The van der Waals surface area contributed by atoms with E-state index in [0.29, 0.717) is 30.2 Å². The van der Waals surface area contributed by atoms with Crippen LogP contribution < -0.4 is 0 Å². The van der Waals surface area contributed by atoms with Gasteiger partial charge in [-0.1, -0.05) is 12.8 Å². The Bertz CT molecular complexity index is 354. The molecule has 0 radical (unpaired) electrons. The molecule has 4 heteroatoms. The maximum absolute atomic E-state index is 12.7. The van der Waals surface area contributed by atoms with Crippen molar-refractivity contribution in [3.63, 3.8) is 0 Å². The molecule has 0 aromatic carbocycles. The minimum atomic E-state index is -0.194. The quantitative estimate of drug-likeness (QED) is 0.869. The second kappa shape index (κ2) is 7.10. The summed E-state index contributed by atoms with van der Waals surface area (Å²) in [6.45, 7) is 2.52. The van der Waals surface area contributed by atoms with Gasteiger partial charge in [-0.2, -0.15) is 0 Å². The molecule has 2 saturated heterocycles.